The van der Waals surface area contributed by atoms with Gasteiger partial charge < -0.3 is 4.74 Å². The van der Waals surface area contributed by atoms with E-state index in [9.17, 15) is 0 Å². The first kappa shape index (κ1) is 15.8. The summed E-state index contributed by atoms with van der Waals surface area (Å²) in [4.78, 5) is 4.49. The minimum atomic E-state index is 0.471. The van der Waals surface area contributed by atoms with Crippen LogP contribution in [0.3, 0.4) is 0 Å². The van der Waals surface area contributed by atoms with Crippen molar-refractivity contribution in [2.75, 3.05) is 0 Å². The van der Waals surface area contributed by atoms with Gasteiger partial charge in [-0.2, -0.15) is 0 Å². The Kier molecular flexibility index (Phi) is 5.63. The molecular formula is C18H22ClNO. The molecule has 0 amide bonds. The summed E-state index contributed by atoms with van der Waals surface area (Å²) in [6, 6.07) is 12.2. The Morgan fingerprint density at radius 2 is 1.86 bits per heavy atom. The van der Waals surface area contributed by atoms with Crippen LogP contribution >= 0.6 is 11.6 Å². The zero-order valence-corrected chi connectivity index (χ0v) is 13.7. The number of rotatable bonds is 6. The van der Waals surface area contributed by atoms with Crippen LogP contribution in [0.4, 0.5) is 0 Å². The number of nitrogens with zero attached hydrogens (tertiary/aromatic N) is 1. The summed E-state index contributed by atoms with van der Waals surface area (Å²) in [6.07, 6.45) is 2.01. The van der Waals surface area contributed by atoms with Crippen LogP contribution in [0.1, 0.15) is 49.9 Å². The SMILES string of the molecule is CCc1cc(CCl)cc(Oc2ccc(C(C)CC)cc2)n1. The molecule has 0 aliphatic rings. The van der Waals surface area contributed by atoms with Gasteiger partial charge in [-0.3, -0.25) is 0 Å². The number of aryl methyl sites for hydroxylation is 1. The van der Waals surface area contributed by atoms with Crippen molar-refractivity contribution < 1.29 is 4.74 Å². The van der Waals surface area contributed by atoms with E-state index in [0.29, 0.717) is 17.7 Å². The van der Waals surface area contributed by atoms with Crippen molar-refractivity contribution >= 4 is 11.6 Å². The first-order valence-electron chi connectivity index (χ1n) is 7.49. The molecule has 2 rings (SSSR count). The molecule has 2 nitrogen and oxygen atoms in total. The fraction of sp³-hybridized carbons (Fsp3) is 0.389. The lowest BCUT2D eigenvalue weighted by molar-refractivity contribution is 0.460. The maximum absolute atomic E-state index is 5.92. The first-order valence-corrected chi connectivity index (χ1v) is 8.03. The lowest BCUT2D eigenvalue weighted by Crippen LogP contribution is -1.96. The third kappa shape index (κ3) is 4.21. The predicted molar refractivity (Wildman–Crippen MR) is 88.4 cm³/mol. The van der Waals surface area contributed by atoms with E-state index in [4.69, 9.17) is 16.3 Å². The fourth-order valence-corrected chi connectivity index (χ4v) is 2.31. The van der Waals surface area contributed by atoms with Crippen molar-refractivity contribution in [1.29, 1.82) is 0 Å². The molecule has 0 spiro atoms. The van der Waals surface area contributed by atoms with Crippen LogP contribution in [0.25, 0.3) is 0 Å². The van der Waals surface area contributed by atoms with Gasteiger partial charge in [-0.25, -0.2) is 4.98 Å². The molecule has 0 radical (unpaired) electrons. The smallest absolute Gasteiger partial charge is 0.219 e. The molecule has 0 N–H and O–H groups in total. The maximum atomic E-state index is 5.92. The number of alkyl halides is 1. The van der Waals surface area contributed by atoms with Crippen molar-refractivity contribution in [1.82, 2.24) is 4.98 Å². The minimum Gasteiger partial charge on any atom is -0.439 e. The molecule has 0 saturated heterocycles. The van der Waals surface area contributed by atoms with Crippen LogP contribution in [0.15, 0.2) is 36.4 Å². The highest BCUT2D eigenvalue weighted by Crippen LogP contribution is 2.25. The fourth-order valence-electron chi connectivity index (χ4n) is 2.15. The molecule has 1 aromatic carbocycles. The van der Waals surface area contributed by atoms with Crippen molar-refractivity contribution in [3.63, 3.8) is 0 Å². The molecule has 0 aliphatic carbocycles. The average Bonchev–Trinajstić information content (AvgIpc) is 2.54. The zero-order valence-electron chi connectivity index (χ0n) is 12.9. The second-order valence-corrected chi connectivity index (χ2v) is 5.54. The molecular weight excluding hydrogens is 282 g/mol. The molecule has 0 aliphatic heterocycles. The highest BCUT2D eigenvalue weighted by atomic mass is 35.5. The monoisotopic (exact) mass is 303 g/mol. The van der Waals surface area contributed by atoms with Crippen molar-refractivity contribution in [3.8, 4) is 11.6 Å². The molecule has 1 unspecified atom stereocenters. The van der Waals surface area contributed by atoms with Crippen LogP contribution < -0.4 is 4.74 Å². The lowest BCUT2D eigenvalue weighted by atomic mass is 9.99. The van der Waals surface area contributed by atoms with Gasteiger partial charge >= 0.3 is 0 Å². The largest absolute Gasteiger partial charge is 0.439 e. The molecule has 3 heteroatoms. The Balaban J connectivity index is 2.17. The second kappa shape index (κ2) is 7.46. The van der Waals surface area contributed by atoms with Gasteiger partial charge in [0.05, 0.1) is 0 Å². The van der Waals surface area contributed by atoms with Gasteiger partial charge in [0.25, 0.3) is 0 Å². The molecule has 21 heavy (non-hydrogen) atoms. The predicted octanol–water partition coefficient (Wildman–Crippen LogP) is 5.69. The van der Waals surface area contributed by atoms with Gasteiger partial charge in [0, 0.05) is 17.6 Å². The van der Waals surface area contributed by atoms with Gasteiger partial charge in [0.1, 0.15) is 5.75 Å². The second-order valence-electron chi connectivity index (χ2n) is 5.27. The van der Waals surface area contributed by atoms with Crippen LogP contribution in [0.5, 0.6) is 11.6 Å². The van der Waals surface area contributed by atoms with Gasteiger partial charge in [0.2, 0.25) is 5.88 Å². The van der Waals surface area contributed by atoms with Crippen LogP contribution in [-0.2, 0) is 12.3 Å². The molecule has 1 atom stereocenters. The van der Waals surface area contributed by atoms with E-state index >= 15 is 0 Å². The maximum Gasteiger partial charge on any atom is 0.219 e. The summed E-state index contributed by atoms with van der Waals surface area (Å²) in [7, 11) is 0. The molecule has 2 aromatic rings. The van der Waals surface area contributed by atoms with Crippen LogP contribution in [-0.4, -0.2) is 4.98 Å². The minimum absolute atomic E-state index is 0.471. The molecule has 112 valence electrons. The number of hydrogen-bond donors (Lipinski definition) is 0. The number of halogens is 1. The Hall–Kier alpha value is -1.54. The Morgan fingerprint density at radius 3 is 2.43 bits per heavy atom. The molecule has 1 heterocycles. The Morgan fingerprint density at radius 1 is 1.14 bits per heavy atom. The van der Waals surface area contributed by atoms with Gasteiger partial charge in [-0.05, 0) is 48.1 Å². The van der Waals surface area contributed by atoms with E-state index in [2.05, 4.69) is 37.9 Å². The summed E-state index contributed by atoms with van der Waals surface area (Å²) >= 11 is 5.92. The third-order valence-electron chi connectivity index (χ3n) is 3.72. The topological polar surface area (TPSA) is 22.1 Å². The lowest BCUT2D eigenvalue weighted by Gasteiger charge is -2.11. The van der Waals surface area contributed by atoms with E-state index in [0.717, 1.165) is 29.8 Å². The standard InChI is InChI=1S/C18H22ClNO/c1-4-13(3)15-6-8-17(9-7-15)21-18-11-14(12-19)10-16(5-2)20-18/h6-11,13H,4-5,12H2,1-3H3. The summed E-state index contributed by atoms with van der Waals surface area (Å²) in [5.41, 5.74) is 3.37. The quantitative estimate of drug-likeness (QED) is 0.640. The Bertz CT molecular complexity index is 558. The number of benzene rings is 1. The summed E-state index contributed by atoms with van der Waals surface area (Å²) < 4.78 is 5.86. The molecule has 0 saturated carbocycles. The van der Waals surface area contributed by atoms with Crippen molar-refractivity contribution in [2.45, 2.75) is 45.4 Å². The Labute approximate surface area is 132 Å². The van der Waals surface area contributed by atoms with E-state index < -0.39 is 0 Å². The van der Waals surface area contributed by atoms with Crippen LogP contribution in [0, 0.1) is 0 Å². The summed E-state index contributed by atoms with van der Waals surface area (Å²) in [6.45, 7) is 6.50. The van der Waals surface area contributed by atoms with E-state index in [1.54, 1.807) is 0 Å². The number of aromatic nitrogens is 1. The summed E-state index contributed by atoms with van der Waals surface area (Å²) in [5, 5.41) is 0. The highest BCUT2D eigenvalue weighted by molar-refractivity contribution is 6.17. The number of hydrogen-bond acceptors (Lipinski definition) is 2. The van der Waals surface area contributed by atoms with Gasteiger partial charge in [0.15, 0.2) is 0 Å². The molecule has 0 bridgehead atoms. The number of ether oxygens (including phenoxy) is 1. The molecule has 0 fully saturated rings. The van der Waals surface area contributed by atoms with Gasteiger partial charge in [-0.15, -0.1) is 11.6 Å². The summed E-state index contributed by atoms with van der Waals surface area (Å²) in [5.74, 6) is 2.46. The highest BCUT2D eigenvalue weighted by Gasteiger charge is 2.06. The average molecular weight is 304 g/mol. The van der Waals surface area contributed by atoms with Crippen LogP contribution in [0.2, 0.25) is 0 Å². The zero-order chi connectivity index (χ0) is 15.2. The van der Waals surface area contributed by atoms with E-state index in [-0.39, 0.29) is 0 Å². The van der Waals surface area contributed by atoms with E-state index in [1.165, 1.54) is 5.56 Å². The normalized spacial score (nSPS) is 12.2. The van der Waals surface area contributed by atoms with Gasteiger partial charge in [-0.1, -0.05) is 32.9 Å². The first-order chi connectivity index (χ1) is 10.2. The van der Waals surface area contributed by atoms with E-state index in [1.807, 2.05) is 24.3 Å². The third-order valence-corrected chi connectivity index (χ3v) is 4.02. The molecule has 1 aromatic heterocycles. The van der Waals surface area contributed by atoms with Crippen molar-refractivity contribution in [3.05, 3.63) is 53.2 Å². The number of pyridine rings is 1. The van der Waals surface area contributed by atoms with Crippen molar-refractivity contribution in [2.24, 2.45) is 0 Å².